The number of nitrogens with one attached hydrogen (secondary N) is 2. The Labute approximate surface area is 112 Å². The van der Waals surface area contributed by atoms with Crippen LogP contribution in [-0.2, 0) is 0 Å². The average molecular weight is 258 g/mol. The Morgan fingerprint density at radius 3 is 3.21 bits per heavy atom. The first kappa shape index (κ1) is 12.1. The molecule has 1 fully saturated rings. The van der Waals surface area contributed by atoms with Crippen molar-refractivity contribution in [2.24, 2.45) is 0 Å². The van der Waals surface area contributed by atoms with E-state index in [1.54, 1.807) is 17.2 Å². The molecule has 0 radical (unpaired) electrons. The standard InChI is InChI=1S/C13H18N6/c1-3-11(5-8-14-6-1)18-12-4-2-7-16-13(12)19-10-15-9-17-19/h2,4,7,9-11,14,18H,1,3,5-6,8H2. The van der Waals surface area contributed by atoms with Crippen LogP contribution in [0.3, 0.4) is 0 Å². The largest absolute Gasteiger partial charge is 0.379 e. The molecule has 0 bridgehead atoms. The smallest absolute Gasteiger partial charge is 0.178 e. The van der Waals surface area contributed by atoms with Crippen LogP contribution in [0, 0.1) is 0 Å². The van der Waals surface area contributed by atoms with Gasteiger partial charge in [0.2, 0.25) is 0 Å². The third kappa shape index (κ3) is 2.90. The number of aromatic nitrogens is 4. The topological polar surface area (TPSA) is 67.7 Å². The Kier molecular flexibility index (Phi) is 3.69. The summed E-state index contributed by atoms with van der Waals surface area (Å²) in [6.07, 6.45) is 8.48. The van der Waals surface area contributed by atoms with Gasteiger partial charge in [0.05, 0.1) is 5.69 Å². The second kappa shape index (κ2) is 5.79. The summed E-state index contributed by atoms with van der Waals surface area (Å²) in [4.78, 5) is 8.37. The minimum Gasteiger partial charge on any atom is -0.379 e. The molecular formula is C13H18N6. The van der Waals surface area contributed by atoms with Gasteiger partial charge < -0.3 is 10.6 Å². The van der Waals surface area contributed by atoms with E-state index in [1.165, 1.54) is 19.2 Å². The molecule has 100 valence electrons. The number of hydrogen-bond acceptors (Lipinski definition) is 5. The molecule has 2 aromatic heterocycles. The summed E-state index contributed by atoms with van der Waals surface area (Å²) in [6.45, 7) is 2.18. The zero-order valence-electron chi connectivity index (χ0n) is 10.8. The molecule has 19 heavy (non-hydrogen) atoms. The summed E-state index contributed by atoms with van der Waals surface area (Å²) in [6, 6.07) is 4.47. The van der Waals surface area contributed by atoms with Crippen LogP contribution >= 0.6 is 0 Å². The molecule has 6 heteroatoms. The van der Waals surface area contributed by atoms with Crippen molar-refractivity contribution in [2.45, 2.75) is 25.3 Å². The lowest BCUT2D eigenvalue weighted by Crippen LogP contribution is -2.22. The summed E-state index contributed by atoms with van der Waals surface area (Å²) in [5, 5.41) is 11.2. The highest BCUT2D eigenvalue weighted by Crippen LogP contribution is 2.19. The number of pyridine rings is 1. The van der Waals surface area contributed by atoms with Gasteiger partial charge in [0, 0.05) is 12.2 Å². The Hall–Kier alpha value is -1.95. The predicted octanol–water partition coefficient (Wildman–Crippen LogP) is 1.22. The number of rotatable bonds is 3. The molecule has 0 amide bonds. The molecule has 1 saturated heterocycles. The number of nitrogens with zero attached hydrogens (tertiary/aromatic N) is 4. The summed E-state index contributed by atoms with van der Waals surface area (Å²) in [5.74, 6) is 0.803. The van der Waals surface area contributed by atoms with Crippen molar-refractivity contribution in [3.05, 3.63) is 31.0 Å². The molecule has 2 N–H and O–H groups in total. The second-order valence-electron chi connectivity index (χ2n) is 4.74. The van der Waals surface area contributed by atoms with Gasteiger partial charge in [0.1, 0.15) is 12.7 Å². The van der Waals surface area contributed by atoms with Gasteiger partial charge in [-0.15, -0.1) is 0 Å². The summed E-state index contributed by atoms with van der Waals surface area (Å²) >= 11 is 0. The van der Waals surface area contributed by atoms with Crippen LogP contribution in [0.5, 0.6) is 0 Å². The Morgan fingerprint density at radius 1 is 1.32 bits per heavy atom. The lowest BCUT2D eigenvalue weighted by atomic mass is 10.1. The first-order valence-corrected chi connectivity index (χ1v) is 6.71. The van der Waals surface area contributed by atoms with Gasteiger partial charge in [-0.3, -0.25) is 0 Å². The monoisotopic (exact) mass is 258 g/mol. The molecule has 0 saturated carbocycles. The maximum Gasteiger partial charge on any atom is 0.178 e. The van der Waals surface area contributed by atoms with Crippen molar-refractivity contribution in [1.82, 2.24) is 25.1 Å². The van der Waals surface area contributed by atoms with Crippen molar-refractivity contribution < 1.29 is 0 Å². The highest BCUT2D eigenvalue weighted by Gasteiger charge is 2.14. The predicted molar refractivity (Wildman–Crippen MR) is 73.3 cm³/mol. The lowest BCUT2D eigenvalue weighted by molar-refractivity contribution is 0.636. The van der Waals surface area contributed by atoms with E-state index in [1.807, 2.05) is 12.1 Å². The van der Waals surface area contributed by atoms with Gasteiger partial charge in [-0.1, -0.05) is 0 Å². The second-order valence-corrected chi connectivity index (χ2v) is 4.74. The van der Waals surface area contributed by atoms with Crippen LogP contribution in [0.25, 0.3) is 5.82 Å². The van der Waals surface area contributed by atoms with E-state index in [0.29, 0.717) is 6.04 Å². The molecule has 0 spiro atoms. The highest BCUT2D eigenvalue weighted by atomic mass is 15.3. The summed E-state index contributed by atoms with van der Waals surface area (Å²) in [5.41, 5.74) is 1.01. The highest BCUT2D eigenvalue weighted by molar-refractivity contribution is 5.56. The molecule has 3 heterocycles. The molecule has 2 aromatic rings. The van der Waals surface area contributed by atoms with Crippen LogP contribution in [0.4, 0.5) is 5.69 Å². The maximum absolute atomic E-state index is 4.39. The number of anilines is 1. The molecule has 1 aliphatic rings. The maximum atomic E-state index is 4.39. The van der Waals surface area contributed by atoms with Crippen LogP contribution in [-0.4, -0.2) is 38.9 Å². The van der Waals surface area contributed by atoms with Crippen LogP contribution < -0.4 is 10.6 Å². The van der Waals surface area contributed by atoms with E-state index in [-0.39, 0.29) is 0 Å². The zero-order valence-corrected chi connectivity index (χ0v) is 10.8. The van der Waals surface area contributed by atoms with Gasteiger partial charge >= 0.3 is 0 Å². The average Bonchev–Trinajstić information content (AvgIpc) is 2.85. The van der Waals surface area contributed by atoms with Crippen LogP contribution in [0.15, 0.2) is 31.0 Å². The van der Waals surface area contributed by atoms with Crippen molar-refractivity contribution in [3.63, 3.8) is 0 Å². The van der Waals surface area contributed by atoms with E-state index in [9.17, 15) is 0 Å². The Bertz CT molecular complexity index is 502. The quantitative estimate of drug-likeness (QED) is 0.866. The van der Waals surface area contributed by atoms with Crippen molar-refractivity contribution >= 4 is 5.69 Å². The van der Waals surface area contributed by atoms with E-state index in [0.717, 1.165) is 31.0 Å². The van der Waals surface area contributed by atoms with Crippen LogP contribution in [0.2, 0.25) is 0 Å². The van der Waals surface area contributed by atoms with Crippen molar-refractivity contribution in [3.8, 4) is 5.82 Å². The third-order valence-electron chi connectivity index (χ3n) is 3.36. The zero-order chi connectivity index (χ0) is 12.9. The Balaban J connectivity index is 1.80. The molecule has 0 aliphatic carbocycles. The molecule has 6 nitrogen and oxygen atoms in total. The molecule has 0 aromatic carbocycles. The van der Waals surface area contributed by atoms with Gasteiger partial charge in [-0.2, -0.15) is 5.10 Å². The summed E-state index contributed by atoms with van der Waals surface area (Å²) in [7, 11) is 0. The van der Waals surface area contributed by atoms with E-state index in [2.05, 4.69) is 25.7 Å². The van der Waals surface area contributed by atoms with Gasteiger partial charge in [0.25, 0.3) is 0 Å². The van der Waals surface area contributed by atoms with E-state index < -0.39 is 0 Å². The van der Waals surface area contributed by atoms with Gasteiger partial charge in [-0.05, 0) is 44.5 Å². The molecular weight excluding hydrogens is 240 g/mol. The summed E-state index contributed by atoms with van der Waals surface area (Å²) < 4.78 is 1.69. The first-order chi connectivity index (χ1) is 9.43. The fraction of sp³-hybridized carbons (Fsp3) is 0.462. The normalized spacial score (nSPS) is 19.9. The van der Waals surface area contributed by atoms with Gasteiger partial charge in [-0.25, -0.2) is 14.6 Å². The minimum atomic E-state index is 0.487. The minimum absolute atomic E-state index is 0.487. The van der Waals surface area contributed by atoms with E-state index >= 15 is 0 Å². The molecule has 1 aliphatic heterocycles. The Morgan fingerprint density at radius 2 is 2.32 bits per heavy atom. The SMILES string of the molecule is c1cnc(-n2cncn2)c(NC2CCCNCC2)c1. The van der Waals surface area contributed by atoms with Crippen molar-refractivity contribution in [1.29, 1.82) is 0 Å². The first-order valence-electron chi connectivity index (χ1n) is 6.71. The lowest BCUT2D eigenvalue weighted by Gasteiger charge is -2.19. The van der Waals surface area contributed by atoms with Crippen LogP contribution in [0.1, 0.15) is 19.3 Å². The number of hydrogen-bond donors (Lipinski definition) is 2. The fourth-order valence-corrected chi connectivity index (χ4v) is 2.39. The van der Waals surface area contributed by atoms with Gasteiger partial charge in [0.15, 0.2) is 5.82 Å². The van der Waals surface area contributed by atoms with E-state index in [4.69, 9.17) is 0 Å². The third-order valence-corrected chi connectivity index (χ3v) is 3.36. The molecule has 1 unspecified atom stereocenters. The molecule has 1 atom stereocenters. The fourth-order valence-electron chi connectivity index (χ4n) is 2.39. The van der Waals surface area contributed by atoms with Crippen molar-refractivity contribution in [2.75, 3.05) is 18.4 Å². The molecule has 3 rings (SSSR count).